The number of nitrogens with one attached hydrogen (secondary N) is 1. The van der Waals surface area contributed by atoms with Crippen LogP contribution in [0.3, 0.4) is 0 Å². The number of hydrogen-bond acceptors (Lipinski definition) is 5. The molecule has 0 saturated carbocycles. The highest BCUT2D eigenvalue weighted by Gasteiger charge is 2.10. The molecule has 2 aromatic heterocycles. The lowest BCUT2D eigenvalue weighted by Gasteiger charge is -2.02. The molecule has 0 aliphatic rings. The highest BCUT2D eigenvalue weighted by Crippen LogP contribution is 2.33. The molecule has 4 nitrogen and oxygen atoms in total. The number of fused-ring (bicyclic) bond motifs is 1. The zero-order valence-electron chi connectivity index (χ0n) is 11.0. The van der Waals surface area contributed by atoms with Crippen LogP contribution in [0, 0.1) is 6.92 Å². The fourth-order valence-electron chi connectivity index (χ4n) is 1.86. The maximum absolute atomic E-state index is 5.94. The molecule has 1 N–H and O–H groups in total. The first-order chi connectivity index (χ1) is 10.1. The van der Waals surface area contributed by atoms with Gasteiger partial charge in [-0.1, -0.05) is 29.8 Å². The van der Waals surface area contributed by atoms with Crippen LogP contribution in [0.4, 0.5) is 5.82 Å². The topological polar surface area (TPSA) is 50.2 Å². The molecule has 0 atom stereocenters. The smallest absolute Gasteiger partial charge is 0.225 e. The van der Waals surface area contributed by atoms with E-state index in [1.165, 1.54) is 16.9 Å². The lowest BCUT2D eigenvalue weighted by Crippen LogP contribution is -1.96. The standard InChI is InChI=1S/C14H10BrClN4S/c1-8-3-2-4-9(5-8)6-17-20-13-12-11(10(15)7-21-12)18-14(16)19-13/h2-7H,1H3,(H,18,19,20)/b17-6+. The number of anilines is 1. The molecule has 0 aliphatic carbocycles. The molecule has 3 aromatic rings. The SMILES string of the molecule is Cc1cccc(/C=N/Nc2nc(Cl)nc3c(Br)csc23)c1. The summed E-state index contributed by atoms with van der Waals surface area (Å²) < 4.78 is 1.81. The normalized spacial score (nSPS) is 11.4. The number of hydrogen-bond donors (Lipinski definition) is 1. The van der Waals surface area contributed by atoms with Crippen LogP contribution >= 0.6 is 38.9 Å². The van der Waals surface area contributed by atoms with Crippen LogP contribution < -0.4 is 5.43 Å². The van der Waals surface area contributed by atoms with Gasteiger partial charge in [0.15, 0.2) is 5.82 Å². The average Bonchev–Trinajstić information content (AvgIpc) is 2.81. The summed E-state index contributed by atoms with van der Waals surface area (Å²) in [5, 5.41) is 6.36. The fourth-order valence-corrected chi connectivity index (χ4v) is 3.53. The Morgan fingerprint density at radius 2 is 2.24 bits per heavy atom. The van der Waals surface area contributed by atoms with E-state index in [1.807, 2.05) is 30.5 Å². The summed E-state index contributed by atoms with van der Waals surface area (Å²) in [6.07, 6.45) is 1.75. The Labute approximate surface area is 139 Å². The van der Waals surface area contributed by atoms with Crippen LogP contribution in [0.15, 0.2) is 39.2 Å². The Morgan fingerprint density at radius 1 is 1.38 bits per heavy atom. The van der Waals surface area contributed by atoms with E-state index >= 15 is 0 Å². The number of thiophene rings is 1. The number of benzene rings is 1. The fraction of sp³-hybridized carbons (Fsp3) is 0.0714. The molecule has 0 radical (unpaired) electrons. The second-order valence-corrected chi connectivity index (χ2v) is 6.46. The molecule has 7 heteroatoms. The molecule has 0 unspecified atom stereocenters. The lowest BCUT2D eigenvalue weighted by molar-refractivity contribution is 1.19. The summed E-state index contributed by atoms with van der Waals surface area (Å²) in [6.45, 7) is 2.04. The van der Waals surface area contributed by atoms with Crippen molar-refractivity contribution in [3.8, 4) is 0 Å². The molecule has 0 bridgehead atoms. The van der Waals surface area contributed by atoms with Crippen molar-refractivity contribution in [3.63, 3.8) is 0 Å². The molecule has 1 aromatic carbocycles. The van der Waals surface area contributed by atoms with Gasteiger partial charge in [-0.05, 0) is 40.0 Å². The Kier molecular flexibility index (Phi) is 4.19. The summed E-state index contributed by atoms with van der Waals surface area (Å²) in [6, 6.07) is 8.08. The van der Waals surface area contributed by atoms with E-state index in [-0.39, 0.29) is 5.28 Å². The third-order valence-electron chi connectivity index (χ3n) is 2.77. The predicted molar refractivity (Wildman–Crippen MR) is 92.5 cm³/mol. The van der Waals surface area contributed by atoms with Crippen LogP contribution in [0.25, 0.3) is 10.2 Å². The van der Waals surface area contributed by atoms with Gasteiger partial charge in [0.05, 0.1) is 15.4 Å². The van der Waals surface area contributed by atoms with Gasteiger partial charge in [-0.3, -0.25) is 5.43 Å². The molecular formula is C14H10BrClN4S. The third-order valence-corrected chi connectivity index (χ3v) is 4.82. The second-order valence-electron chi connectivity index (χ2n) is 4.39. The number of aromatic nitrogens is 2. The first kappa shape index (κ1) is 14.4. The number of rotatable bonds is 3. The van der Waals surface area contributed by atoms with Crippen molar-refractivity contribution in [2.45, 2.75) is 6.92 Å². The van der Waals surface area contributed by atoms with Crippen LogP contribution in [-0.2, 0) is 0 Å². The Hall–Kier alpha value is -1.50. The van der Waals surface area contributed by atoms with Gasteiger partial charge in [0.2, 0.25) is 5.28 Å². The van der Waals surface area contributed by atoms with E-state index in [2.05, 4.69) is 42.5 Å². The highest BCUT2D eigenvalue weighted by atomic mass is 79.9. The number of aryl methyl sites for hydroxylation is 1. The Morgan fingerprint density at radius 3 is 3.05 bits per heavy atom. The third kappa shape index (κ3) is 3.23. The van der Waals surface area contributed by atoms with E-state index in [4.69, 9.17) is 11.6 Å². The molecule has 0 saturated heterocycles. The Bertz CT molecular complexity index is 831. The zero-order chi connectivity index (χ0) is 14.8. The largest absolute Gasteiger partial charge is 0.260 e. The molecule has 3 rings (SSSR count). The summed E-state index contributed by atoms with van der Waals surface area (Å²) in [5.74, 6) is 0.601. The summed E-state index contributed by atoms with van der Waals surface area (Å²) >= 11 is 10.9. The Balaban J connectivity index is 1.88. The van der Waals surface area contributed by atoms with Crippen molar-refractivity contribution in [2.75, 3.05) is 5.43 Å². The highest BCUT2D eigenvalue weighted by molar-refractivity contribution is 9.10. The predicted octanol–water partition coefficient (Wildman–Crippen LogP) is 4.86. The van der Waals surface area contributed by atoms with E-state index in [0.29, 0.717) is 5.82 Å². The minimum Gasteiger partial charge on any atom is -0.260 e. The van der Waals surface area contributed by atoms with Crippen LogP contribution in [-0.4, -0.2) is 16.2 Å². The molecule has 21 heavy (non-hydrogen) atoms. The molecular weight excluding hydrogens is 372 g/mol. The summed E-state index contributed by atoms with van der Waals surface area (Å²) in [7, 11) is 0. The van der Waals surface area contributed by atoms with Crippen molar-refractivity contribution in [3.05, 3.63) is 50.5 Å². The second kappa shape index (κ2) is 6.09. The van der Waals surface area contributed by atoms with Crippen LogP contribution in [0.2, 0.25) is 5.28 Å². The number of nitrogens with zero attached hydrogens (tertiary/aromatic N) is 3. The maximum Gasteiger partial charge on any atom is 0.225 e. The lowest BCUT2D eigenvalue weighted by atomic mass is 10.2. The van der Waals surface area contributed by atoms with Gasteiger partial charge in [0, 0.05) is 5.38 Å². The van der Waals surface area contributed by atoms with Gasteiger partial charge >= 0.3 is 0 Å². The van der Waals surface area contributed by atoms with Gasteiger partial charge < -0.3 is 0 Å². The quantitative estimate of drug-likeness (QED) is 0.400. The molecule has 2 heterocycles. The summed E-state index contributed by atoms with van der Waals surface area (Å²) in [4.78, 5) is 8.38. The van der Waals surface area contributed by atoms with Crippen molar-refractivity contribution in [1.82, 2.24) is 9.97 Å². The van der Waals surface area contributed by atoms with E-state index in [0.717, 1.165) is 20.3 Å². The van der Waals surface area contributed by atoms with Crippen molar-refractivity contribution in [1.29, 1.82) is 0 Å². The minimum absolute atomic E-state index is 0.190. The van der Waals surface area contributed by atoms with Gasteiger partial charge in [-0.25, -0.2) is 4.98 Å². The zero-order valence-corrected chi connectivity index (χ0v) is 14.1. The van der Waals surface area contributed by atoms with Gasteiger partial charge in [-0.2, -0.15) is 10.1 Å². The van der Waals surface area contributed by atoms with E-state index < -0.39 is 0 Å². The van der Waals surface area contributed by atoms with Gasteiger partial charge in [-0.15, -0.1) is 11.3 Å². The van der Waals surface area contributed by atoms with Crippen molar-refractivity contribution < 1.29 is 0 Å². The molecule has 0 spiro atoms. The van der Waals surface area contributed by atoms with Crippen molar-refractivity contribution >= 4 is 61.1 Å². The van der Waals surface area contributed by atoms with E-state index in [9.17, 15) is 0 Å². The van der Waals surface area contributed by atoms with Gasteiger partial charge in [0.25, 0.3) is 0 Å². The number of halogens is 2. The summed E-state index contributed by atoms with van der Waals surface area (Å²) in [5.41, 5.74) is 5.93. The van der Waals surface area contributed by atoms with Crippen LogP contribution in [0.1, 0.15) is 11.1 Å². The van der Waals surface area contributed by atoms with E-state index in [1.54, 1.807) is 6.21 Å². The minimum atomic E-state index is 0.190. The molecule has 106 valence electrons. The first-order valence-electron chi connectivity index (χ1n) is 6.09. The molecule has 0 fully saturated rings. The van der Waals surface area contributed by atoms with Crippen molar-refractivity contribution in [2.24, 2.45) is 5.10 Å². The van der Waals surface area contributed by atoms with Gasteiger partial charge in [0.1, 0.15) is 5.52 Å². The first-order valence-corrected chi connectivity index (χ1v) is 8.14. The number of hydrazone groups is 1. The molecule has 0 aliphatic heterocycles. The van der Waals surface area contributed by atoms with Crippen LogP contribution in [0.5, 0.6) is 0 Å². The molecule has 0 amide bonds. The maximum atomic E-state index is 5.94. The average molecular weight is 382 g/mol. The monoisotopic (exact) mass is 380 g/mol.